The number of hydrogen-bond donors (Lipinski definition) is 1. The minimum absolute atomic E-state index is 0.0955. The molecule has 1 saturated heterocycles. The predicted molar refractivity (Wildman–Crippen MR) is 106 cm³/mol. The van der Waals surface area contributed by atoms with Gasteiger partial charge in [-0.05, 0) is 55.7 Å². The van der Waals surface area contributed by atoms with Crippen molar-refractivity contribution in [3.8, 4) is 0 Å². The van der Waals surface area contributed by atoms with Crippen LogP contribution in [0.3, 0.4) is 0 Å². The van der Waals surface area contributed by atoms with E-state index in [9.17, 15) is 9.59 Å². The molecule has 0 spiro atoms. The summed E-state index contributed by atoms with van der Waals surface area (Å²) >= 11 is 12.5. The maximum Gasteiger partial charge on any atom is 0.229 e. The average molecular weight is 391 g/mol. The number of nitrogens with zero attached hydrogens (tertiary/aromatic N) is 1. The average Bonchev–Trinajstić information content (AvgIpc) is 2.93. The molecule has 1 heterocycles. The smallest absolute Gasteiger partial charge is 0.229 e. The monoisotopic (exact) mass is 390 g/mol. The Balaban J connectivity index is 1.80. The van der Waals surface area contributed by atoms with Gasteiger partial charge in [-0.1, -0.05) is 35.3 Å². The fourth-order valence-electron chi connectivity index (χ4n) is 3.33. The van der Waals surface area contributed by atoms with E-state index in [1.807, 2.05) is 32.9 Å². The zero-order valence-corrected chi connectivity index (χ0v) is 16.4. The van der Waals surface area contributed by atoms with Crippen molar-refractivity contribution >= 4 is 46.4 Å². The molecular formula is C20H20Cl2N2O2. The van der Waals surface area contributed by atoms with Gasteiger partial charge in [0.2, 0.25) is 11.8 Å². The summed E-state index contributed by atoms with van der Waals surface area (Å²) in [6.07, 6.45) is 0.162. The molecule has 1 atom stereocenters. The number of aryl methyl sites for hydroxylation is 2. The van der Waals surface area contributed by atoms with Gasteiger partial charge in [-0.25, -0.2) is 0 Å². The summed E-state index contributed by atoms with van der Waals surface area (Å²) in [4.78, 5) is 26.8. The number of hydrogen-bond acceptors (Lipinski definition) is 2. The van der Waals surface area contributed by atoms with Gasteiger partial charge in [-0.15, -0.1) is 0 Å². The van der Waals surface area contributed by atoms with Crippen molar-refractivity contribution in [1.29, 1.82) is 0 Å². The Hall–Kier alpha value is -2.04. The van der Waals surface area contributed by atoms with Crippen LogP contribution in [-0.4, -0.2) is 18.4 Å². The Morgan fingerprint density at radius 1 is 1.15 bits per heavy atom. The van der Waals surface area contributed by atoms with E-state index in [2.05, 4.69) is 5.32 Å². The molecule has 0 aromatic heterocycles. The lowest BCUT2D eigenvalue weighted by molar-refractivity contribution is -0.122. The molecular weight excluding hydrogens is 371 g/mol. The third-order valence-electron chi connectivity index (χ3n) is 4.69. The summed E-state index contributed by atoms with van der Waals surface area (Å²) in [6, 6.07) is 9.17. The Morgan fingerprint density at radius 3 is 2.58 bits per heavy atom. The highest BCUT2D eigenvalue weighted by Crippen LogP contribution is 2.35. The Labute approximate surface area is 163 Å². The van der Waals surface area contributed by atoms with E-state index in [4.69, 9.17) is 23.2 Å². The number of carbonyl (C=O) groups is 2. The minimum Gasteiger partial charge on any atom is -0.325 e. The first-order chi connectivity index (χ1) is 12.3. The zero-order valence-electron chi connectivity index (χ0n) is 14.9. The molecule has 0 bridgehead atoms. The van der Waals surface area contributed by atoms with Gasteiger partial charge in [0.1, 0.15) is 0 Å². The van der Waals surface area contributed by atoms with Crippen LogP contribution in [0, 0.1) is 26.7 Å². The third-order valence-corrected chi connectivity index (χ3v) is 5.39. The number of carbonyl (C=O) groups excluding carboxylic acids is 2. The molecule has 136 valence electrons. The van der Waals surface area contributed by atoms with Gasteiger partial charge in [0, 0.05) is 23.7 Å². The van der Waals surface area contributed by atoms with E-state index >= 15 is 0 Å². The van der Waals surface area contributed by atoms with Crippen molar-refractivity contribution in [3.05, 3.63) is 57.1 Å². The molecule has 0 aliphatic carbocycles. The van der Waals surface area contributed by atoms with E-state index < -0.39 is 5.92 Å². The number of halogens is 2. The molecule has 1 N–H and O–H groups in total. The van der Waals surface area contributed by atoms with Crippen molar-refractivity contribution in [2.45, 2.75) is 27.2 Å². The van der Waals surface area contributed by atoms with Crippen molar-refractivity contribution in [1.82, 2.24) is 0 Å². The highest BCUT2D eigenvalue weighted by molar-refractivity contribution is 6.34. The third kappa shape index (κ3) is 3.57. The number of amides is 2. The lowest BCUT2D eigenvalue weighted by atomic mass is 10.1. The topological polar surface area (TPSA) is 49.4 Å². The molecule has 6 heteroatoms. The van der Waals surface area contributed by atoms with Crippen LogP contribution in [0.25, 0.3) is 0 Å². The van der Waals surface area contributed by atoms with Crippen LogP contribution >= 0.6 is 23.2 Å². The quantitative estimate of drug-likeness (QED) is 0.808. The number of anilines is 2. The van der Waals surface area contributed by atoms with Gasteiger partial charge < -0.3 is 10.2 Å². The zero-order chi connectivity index (χ0) is 19.0. The first kappa shape index (κ1) is 18.7. The van der Waals surface area contributed by atoms with Crippen LogP contribution in [0.5, 0.6) is 0 Å². The normalized spacial score (nSPS) is 16.9. The standard InChI is InChI=1S/C20H20Cl2N2O2/c1-11-7-12(2)19(16(22)8-11)24-10-14(9-18(24)25)20(26)23-17-6-4-5-15(21)13(17)3/h4-8,14H,9-10H2,1-3H3,(H,23,26). The second-order valence-corrected chi connectivity index (χ2v) is 7.53. The van der Waals surface area contributed by atoms with Gasteiger partial charge in [0.15, 0.2) is 0 Å². The Bertz CT molecular complexity index is 872. The highest BCUT2D eigenvalue weighted by atomic mass is 35.5. The lowest BCUT2D eigenvalue weighted by Crippen LogP contribution is -2.29. The maximum absolute atomic E-state index is 12.7. The second-order valence-electron chi connectivity index (χ2n) is 6.72. The molecule has 1 fully saturated rings. The largest absolute Gasteiger partial charge is 0.325 e. The number of benzene rings is 2. The fourth-order valence-corrected chi connectivity index (χ4v) is 3.92. The second kappa shape index (κ2) is 7.29. The van der Waals surface area contributed by atoms with Crippen LogP contribution in [0.4, 0.5) is 11.4 Å². The molecule has 26 heavy (non-hydrogen) atoms. The van der Waals surface area contributed by atoms with E-state index in [1.165, 1.54) is 0 Å². The number of rotatable bonds is 3. The Morgan fingerprint density at radius 2 is 1.88 bits per heavy atom. The molecule has 0 saturated carbocycles. The molecule has 2 aromatic carbocycles. The van der Waals surface area contributed by atoms with Crippen LogP contribution in [0.2, 0.25) is 10.0 Å². The van der Waals surface area contributed by atoms with E-state index in [0.717, 1.165) is 16.7 Å². The van der Waals surface area contributed by atoms with E-state index in [1.54, 1.807) is 23.1 Å². The summed E-state index contributed by atoms with van der Waals surface area (Å²) in [5.41, 5.74) is 4.12. The van der Waals surface area contributed by atoms with E-state index in [0.29, 0.717) is 28.0 Å². The molecule has 2 aromatic rings. The Kier molecular flexibility index (Phi) is 5.26. The summed E-state index contributed by atoms with van der Waals surface area (Å²) in [5.74, 6) is -0.716. The van der Waals surface area contributed by atoms with Crippen molar-refractivity contribution < 1.29 is 9.59 Å². The lowest BCUT2D eigenvalue weighted by Gasteiger charge is -2.21. The molecule has 1 aliphatic rings. The van der Waals surface area contributed by atoms with Crippen molar-refractivity contribution in [3.63, 3.8) is 0 Å². The van der Waals surface area contributed by atoms with Crippen molar-refractivity contribution in [2.24, 2.45) is 5.92 Å². The van der Waals surface area contributed by atoms with Crippen LogP contribution in [0.1, 0.15) is 23.1 Å². The van der Waals surface area contributed by atoms with Crippen LogP contribution in [-0.2, 0) is 9.59 Å². The number of nitrogens with one attached hydrogen (secondary N) is 1. The first-order valence-corrected chi connectivity index (χ1v) is 9.16. The van der Waals surface area contributed by atoms with Gasteiger partial charge in [-0.2, -0.15) is 0 Å². The molecule has 1 unspecified atom stereocenters. The summed E-state index contributed by atoms with van der Waals surface area (Å²) in [5, 5.41) is 4.01. The molecule has 2 amide bonds. The van der Waals surface area contributed by atoms with Gasteiger partial charge in [0.25, 0.3) is 0 Å². The van der Waals surface area contributed by atoms with Crippen LogP contribution in [0.15, 0.2) is 30.3 Å². The molecule has 4 nitrogen and oxygen atoms in total. The fraction of sp³-hybridized carbons (Fsp3) is 0.300. The SMILES string of the molecule is Cc1cc(C)c(N2CC(C(=O)Nc3cccc(Cl)c3C)CC2=O)c(Cl)c1. The summed E-state index contributed by atoms with van der Waals surface area (Å²) in [6.45, 7) is 6.04. The van der Waals surface area contributed by atoms with Crippen LogP contribution < -0.4 is 10.2 Å². The first-order valence-electron chi connectivity index (χ1n) is 8.41. The molecule has 1 aliphatic heterocycles. The summed E-state index contributed by atoms with van der Waals surface area (Å²) < 4.78 is 0. The van der Waals surface area contributed by atoms with Gasteiger partial charge in [-0.3, -0.25) is 9.59 Å². The predicted octanol–water partition coefficient (Wildman–Crippen LogP) is 4.91. The molecule has 0 radical (unpaired) electrons. The van der Waals surface area contributed by atoms with E-state index in [-0.39, 0.29) is 18.2 Å². The van der Waals surface area contributed by atoms with Gasteiger partial charge >= 0.3 is 0 Å². The maximum atomic E-state index is 12.7. The molecule has 3 rings (SSSR count). The minimum atomic E-state index is -0.433. The summed E-state index contributed by atoms with van der Waals surface area (Å²) in [7, 11) is 0. The highest BCUT2D eigenvalue weighted by Gasteiger charge is 2.36. The van der Waals surface area contributed by atoms with Crippen molar-refractivity contribution in [2.75, 3.05) is 16.8 Å². The van der Waals surface area contributed by atoms with Gasteiger partial charge in [0.05, 0.1) is 16.6 Å².